The number of fused-ring (bicyclic) bond motifs is 1. The molecule has 0 atom stereocenters. The van der Waals surface area contributed by atoms with Crippen LogP contribution in [0.1, 0.15) is 22.3 Å². The lowest BCUT2D eigenvalue weighted by atomic mass is 10.2. The molecule has 25 heavy (non-hydrogen) atoms. The Labute approximate surface area is 151 Å². The van der Waals surface area contributed by atoms with Gasteiger partial charge in [0, 0.05) is 5.39 Å². The monoisotopic (exact) mass is 355 g/mol. The molecule has 1 aliphatic heterocycles. The number of nitrogens with zero attached hydrogens (tertiary/aromatic N) is 3. The first kappa shape index (κ1) is 16.3. The van der Waals surface area contributed by atoms with Gasteiger partial charge in [0.05, 0.1) is 49.0 Å². The first-order chi connectivity index (χ1) is 12.2. The largest absolute Gasteiger partial charge is 0.332 e. The molecule has 1 fully saturated rings. The van der Waals surface area contributed by atoms with Crippen LogP contribution in [-0.2, 0) is 0 Å². The molecule has 1 aromatic carbocycles. The number of hydrogen-bond acceptors (Lipinski definition) is 3. The predicted octanol–water partition coefficient (Wildman–Crippen LogP) is 1.76. The number of para-hydroxylation sites is 1. The minimum absolute atomic E-state index is 0.162. The van der Waals surface area contributed by atoms with Gasteiger partial charge in [-0.2, -0.15) is 5.10 Å². The lowest BCUT2D eigenvalue weighted by molar-refractivity contribution is -0.902. The summed E-state index contributed by atoms with van der Waals surface area (Å²) in [5, 5.41) is 5.73. The molecule has 5 nitrogen and oxygen atoms in total. The van der Waals surface area contributed by atoms with Crippen molar-refractivity contribution in [1.29, 1.82) is 0 Å². The minimum Gasteiger partial charge on any atom is -0.332 e. The van der Waals surface area contributed by atoms with E-state index in [4.69, 9.17) is 0 Å². The van der Waals surface area contributed by atoms with Crippen molar-refractivity contribution < 1.29 is 9.69 Å². The van der Waals surface area contributed by atoms with Crippen molar-refractivity contribution >= 4 is 27.5 Å². The fourth-order valence-corrected chi connectivity index (χ4v) is 4.58. The molecular formula is C19H23N4OS+. The molecule has 0 bridgehead atoms. The Morgan fingerprint density at radius 2 is 1.96 bits per heavy atom. The van der Waals surface area contributed by atoms with E-state index in [0.717, 1.165) is 59.2 Å². The highest BCUT2D eigenvalue weighted by Gasteiger charge is 2.26. The Morgan fingerprint density at radius 3 is 2.64 bits per heavy atom. The number of nitrogens with one attached hydrogen (secondary N) is 1. The molecule has 0 aliphatic carbocycles. The van der Waals surface area contributed by atoms with Gasteiger partial charge in [0.1, 0.15) is 4.83 Å². The van der Waals surface area contributed by atoms with Gasteiger partial charge in [-0.1, -0.05) is 18.2 Å². The first-order valence-electron chi connectivity index (χ1n) is 8.85. The average molecular weight is 355 g/mol. The van der Waals surface area contributed by atoms with Crippen LogP contribution in [0.3, 0.4) is 0 Å². The number of hydrogen-bond donors (Lipinski definition) is 1. The van der Waals surface area contributed by atoms with E-state index in [2.05, 4.69) is 12.0 Å². The van der Waals surface area contributed by atoms with Crippen LogP contribution in [0.4, 0.5) is 0 Å². The fraction of sp³-hybridized carbons (Fsp3) is 0.368. The van der Waals surface area contributed by atoms with E-state index in [1.807, 2.05) is 52.9 Å². The molecule has 1 aliphatic rings. The van der Waals surface area contributed by atoms with Crippen molar-refractivity contribution in [2.45, 2.75) is 13.8 Å². The number of quaternary nitrogens is 1. The van der Waals surface area contributed by atoms with Crippen LogP contribution in [-0.4, -0.2) is 53.3 Å². The third kappa shape index (κ3) is 2.96. The zero-order valence-electron chi connectivity index (χ0n) is 14.7. The lowest BCUT2D eigenvalue weighted by Gasteiger charge is -2.31. The van der Waals surface area contributed by atoms with E-state index >= 15 is 0 Å². The zero-order chi connectivity index (χ0) is 17.4. The number of carbonyl (C=O) groups is 1. The lowest BCUT2D eigenvalue weighted by Crippen LogP contribution is -3.14. The number of amides is 1. The topological polar surface area (TPSA) is 42.6 Å². The number of aryl methyl sites for hydroxylation is 1. The molecule has 3 heterocycles. The second kappa shape index (κ2) is 6.61. The molecular weight excluding hydrogens is 332 g/mol. The maximum atomic E-state index is 12.9. The Hall–Kier alpha value is -2.18. The molecule has 0 spiro atoms. The van der Waals surface area contributed by atoms with Gasteiger partial charge in [-0.25, -0.2) is 4.68 Å². The first-order valence-corrected chi connectivity index (χ1v) is 9.66. The summed E-state index contributed by atoms with van der Waals surface area (Å²) >= 11 is 1.55. The van der Waals surface area contributed by atoms with Gasteiger partial charge in [-0.15, -0.1) is 11.3 Å². The van der Waals surface area contributed by atoms with Crippen LogP contribution in [0.5, 0.6) is 0 Å². The van der Waals surface area contributed by atoms with E-state index in [0.29, 0.717) is 0 Å². The van der Waals surface area contributed by atoms with Gasteiger partial charge in [-0.05, 0) is 32.0 Å². The fourth-order valence-electron chi connectivity index (χ4n) is 3.43. The van der Waals surface area contributed by atoms with Gasteiger partial charge < -0.3 is 9.80 Å². The maximum absolute atomic E-state index is 12.9. The second-order valence-corrected chi connectivity index (χ2v) is 7.59. The third-order valence-electron chi connectivity index (χ3n) is 5.01. The minimum atomic E-state index is 0.162. The highest BCUT2D eigenvalue weighted by Crippen LogP contribution is 2.31. The molecule has 1 amide bonds. The standard InChI is InChI=1S/C19H22N4OS/c1-3-21-9-11-22(12-10-21)18(24)17-13-16-14(2)20-23(19(16)25-17)15-7-5-4-6-8-15/h4-8,13H,3,9-12H2,1-2H3/p+1. The number of likely N-dealkylation sites (N-methyl/N-ethyl adjacent to an activating group) is 1. The molecule has 6 heteroatoms. The summed E-state index contributed by atoms with van der Waals surface area (Å²) in [6.45, 7) is 9.13. The van der Waals surface area contributed by atoms with Crippen LogP contribution >= 0.6 is 11.3 Å². The number of thiophene rings is 1. The molecule has 4 rings (SSSR count). The Balaban J connectivity index is 1.65. The highest BCUT2D eigenvalue weighted by molar-refractivity contribution is 7.20. The number of piperazine rings is 1. The number of carbonyl (C=O) groups excluding carboxylic acids is 1. The van der Waals surface area contributed by atoms with Crippen LogP contribution < -0.4 is 4.90 Å². The molecule has 130 valence electrons. The Bertz CT molecular complexity index is 891. The summed E-state index contributed by atoms with van der Waals surface area (Å²) in [6, 6.07) is 12.1. The molecule has 1 saturated heterocycles. The molecule has 3 aromatic rings. The smallest absolute Gasteiger partial charge is 0.264 e. The summed E-state index contributed by atoms with van der Waals surface area (Å²) in [6.07, 6.45) is 0. The molecule has 0 saturated carbocycles. The van der Waals surface area contributed by atoms with Crippen molar-refractivity contribution in [2.75, 3.05) is 32.7 Å². The van der Waals surface area contributed by atoms with Crippen molar-refractivity contribution in [3.8, 4) is 5.69 Å². The number of aromatic nitrogens is 2. The SMILES string of the molecule is CC[NH+]1CCN(C(=O)c2cc3c(C)nn(-c4ccccc4)c3s2)CC1. The van der Waals surface area contributed by atoms with E-state index in [9.17, 15) is 4.79 Å². The number of benzene rings is 1. The summed E-state index contributed by atoms with van der Waals surface area (Å²) < 4.78 is 1.95. The van der Waals surface area contributed by atoms with E-state index < -0.39 is 0 Å². The van der Waals surface area contributed by atoms with E-state index in [1.54, 1.807) is 16.2 Å². The van der Waals surface area contributed by atoms with E-state index in [-0.39, 0.29) is 5.91 Å². The summed E-state index contributed by atoms with van der Waals surface area (Å²) in [5.74, 6) is 0.162. The van der Waals surface area contributed by atoms with Crippen molar-refractivity contribution in [1.82, 2.24) is 14.7 Å². The van der Waals surface area contributed by atoms with Crippen molar-refractivity contribution in [2.24, 2.45) is 0 Å². The van der Waals surface area contributed by atoms with Crippen LogP contribution in [0.15, 0.2) is 36.4 Å². The summed E-state index contributed by atoms with van der Waals surface area (Å²) in [5.41, 5.74) is 2.00. The summed E-state index contributed by atoms with van der Waals surface area (Å²) in [4.78, 5) is 18.4. The zero-order valence-corrected chi connectivity index (χ0v) is 15.5. The Kier molecular flexibility index (Phi) is 4.31. The van der Waals surface area contributed by atoms with Gasteiger partial charge in [-0.3, -0.25) is 4.79 Å². The highest BCUT2D eigenvalue weighted by atomic mass is 32.1. The quantitative estimate of drug-likeness (QED) is 0.778. The second-order valence-electron chi connectivity index (χ2n) is 6.56. The van der Waals surface area contributed by atoms with Crippen LogP contribution in [0.2, 0.25) is 0 Å². The van der Waals surface area contributed by atoms with Gasteiger partial charge in [0.25, 0.3) is 5.91 Å². The molecule has 2 aromatic heterocycles. The average Bonchev–Trinajstić information content (AvgIpc) is 3.23. The molecule has 0 radical (unpaired) electrons. The van der Waals surface area contributed by atoms with E-state index in [1.165, 1.54) is 0 Å². The normalized spacial score (nSPS) is 15.8. The summed E-state index contributed by atoms with van der Waals surface area (Å²) in [7, 11) is 0. The number of rotatable bonds is 3. The third-order valence-corrected chi connectivity index (χ3v) is 6.11. The predicted molar refractivity (Wildman–Crippen MR) is 101 cm³/mol. The van der Waals surface area contributed by atoms with Crippen LogP contribution in [0.25, 0.3) is 15.9 Å². The molecule has 0 unspecified atom stereocenters. The van der Waals surface area contributed by atoms with Crippen molar-refractivity contribution in [3.05, 3.63) is 47.0 Å². The van der Waals surface area contributed by atoms with Crippen LogP contribution in [0, 0.1) is 6.92 Å². The Morgan fingerprint density at radius 1 is 1.24 bits per heavy atom. The van der Waals surface area contributed by atoms with Gasteiger partial charge in [0.15, 0.2) is 0 Å². The van der Waals surface area contributed by atoms with Gasteiger partial charge >= 0.3 is 0 Å². The maximum Gasteiger partial charge on any atom is 0.264 e. The van der Waals surface area contributed by atoms with Crippen molar-refractivity contribution in [3.63, 3.8) is 0 Å². The molecule has 1 N–H and O–H groups in total. The van der Waals surface area contributed by atoms with Gasteiger partial charge in [0.2, 0.25) is 0 Å².